The maximum atomic E-state index is 12.9. The third kappa shape index (κ3) is 4.01. The fourth-order valence-corrected chi connectivity index (χ4v) is 3.60. The molecule has 140 valence electrons. The molecular weight excluding hydrogens is 338 g/mol. The van der Waals surface area contributed by atoms with Crippen LogP contribution >= 0.6 is 0 Å². The van der Waals surface area contributed by atoms with Crippen LogP contribution in [0.4, 0.5) is 0 Å². The lowest BCUT2D eigenvalue weighted by Gasteiger charge is -2.21. The van der Waals surface area contributed by atoms with Crippen LogP contribution < -0.4 is 5.43 Å². The largest absolute Gasteiger partial charge is 0.481 e. The van der Waals surface area contributed by atoms with Gasteiger partial charge in [-0.2, -0.15) is 0 Å². The van der Waals surface area contributed by atoms with E-state index in [2.05, 4.69) is 18.7 Å². The molecule has 0 aliphatic carbocycles. The summed E-state index contributed by atoms with van der Waals surface area (Å²) in [4.78, 5) is 27.0. The number of nitrogens with zero attached hydrogens (tertiary/aromatic N) is 1. The Bertz CT molecular complexity index is 1020. The van der Waals surface area contributed by atoms with Crippen LogP contribution in [0, 0.1) is 0 Å². The SMILES string of the molecule is CCN(CC)CCC(C(=O)O)c1ccc2c(=O)c3ccccc3ccc2c1. The summed E-state index contributed by atoms with van der Waals surface area (Å²) in [7, 11) is 0. The highest BCUT2D eigenvalue weighted by atomic mass is 16.4. The predicted octanol–water partition coefficient (Wildman–Crippen LogP) is 4.25. The van der Waals surface area contributed by atoms with Gasteiger partial charge in [-0.3, -0.25) is 9.59 Å². The van der Waals surface area contributed by atoms with Gasteiger partial charge >= 0.3 is 5.97 Å². The van der Waals surface area contributed by atoms with Gasteiger partial charge in [0.1, 0.15) is 0 Å². The predicted molar refractivity (Wildman–Crippen MR) is 111 cm³/mol. The van der Waals surface area contributed by atoms with Gasteiger partial charge in [-0.05, 0) is 42.4 Å². The zero-order valence-electron chi connectivity index (χ0n) is 15.8. The Labute approximate surface area is 159 Å². The molecule has 27 heavy (non-hydrogen) atoms. The van der Waals surface area contributed by atoms with E-state index in [0.717, 1.165) is 36.0 Å². The molecule has 0 aromatic heterocycles. The molecule has 3 rings (SSSR count). The van der Waals surface area contributed by atoms with E-state index in [0.29, 0.717) is 17.2 Å². The van der Waals surface area contributed by atoms with Crippen molar-refractivity contribution >= 4 is 27.5 Å². The maximum absolute atomic E-state index is 12.9. The molecule has 0 amide bonds. The second kappa shape index (κ2) is 8.31. The van der Waals surface area contributed by atoms with Crippen molar-refractivity contribution < 1.29 is 9.90 Å². The summed E-state index contributed by atoms with van der Waals surface area (Å²) in [6, 6.07) is 16.8. The zero-order valence-corrected chi connectivity index (χ0v) is 15.8. The summed E-state index contributed by atoms with van der Waals surface area (Å²) in [5.74, 6) is -1.40. The Morgan fingerprint density at radius 3 is 2.33 bits per heavy atom. The fourth-order valence-electron chi connectivity index (χ4n) is 3.60. The molecule has 1 atom stereocenters. The van der Waals surface area contributed by atoms with Crippen LogP contribution in [0.25, 0.3) is 21.5 Å². The number of hydrogen-bond acceptors (Lipinski definition) is 3. The number of fused-ring (bicyclic) bond motifs is 2. The monoisotopic (exact) mass is 363 g/mol. The first-order chi connectivity index (χ1) is 13.0. The smallest absolute Gasteiger partial charge is 0.311 e. The van der Waals surface area contributed by atoms with Crippen molar-refractivity contribution in [3.05, 3.63) is 70.4 Å². The van der Waals surface area contributed by atoms with Gasteiger partial charge in [0.25, 0.3) is 0 Å². The van der Waals surface area contributed by atoms with Gasteiger partial charge in [-0.1, -0.05) is 68.4 Å². The van der Waals surface area contributed by atoms with Crippen LogP contribution in [-0.4, -0.2) is 35.6 Å². The Morgan fingerprint density at radius 2 is 1.63 bits per heavy atom. The Balaban J connectivity index is 2.05. The molecule has 0 fully saturated rings. The third-order valence-corrected chi connectivity index (χ3v) is 5.30. The van der Waals surface area contributed by atoms with Crippen LogP contribution in [0.2, 0.25) is 0 Å². The number of aliphatic carboxylic acids is 1. The van der Waals surface area contributed by atoms with Gasteiger partial charge in [0, 0.05) is 10.8 Å². The quantitative estimate of drug-likeness (QED) is 0.682. The van der Waals surface area contributed by atoms with Crippen molar-refractivity contribution in [3.63, 3.8) is 0 Å². The first-order valence-electron chi connectivity index (χ1n) is 9.46. The van der Waals surface area contributed by atoms with Crippen molar-refractivity contribution in [1.82, 2.24) is 4.90 Å². The Hall–Kier alpha value is -2.72. The summed E-state index contributed by atoms with van der Waals surface area (Å²) >= 11 is 0. The molecule has 0 saturated carbocycles. The van der Waals surface area contributed by atoms with E-state index in [9.17, 15) is 14.7 Å². The first-order valence-corrected chi connectivity index (χ1v) is 9.46. The van der Waals surface area contributed by atoms with Crippen molar-refractivity contribution in [2.75, 3.05) is 19.6 Å². The number of benzene rings is 2. The molecule has 0 saturated heterocycles. The number of carboxylic acids is 1. The second-order valence-corrected chi connectivity index (χ2v) is 6.80. The summed E-state index contributed by atoms with van der Waals surface area (Å²) in [5, 5.41) is 12.7. The van der Waals surface area contributed by atoms with E-state index < -0.39 is 11.9 Å². The van der Waals surface area contributed by atoms with Gasteiger partial charge in [0.15, 0.2) is 5.43 Å². The van der Waals surface area contributed by atoms with Gasteiger partial charge in [-0.25, -0.2) is 0 Å². The Morgan fingerprint density at radius 1 is 0.963 bits per heavy atom. The molecule has 4 nitrogen and oxygen atoms in total. The molecule has 1 unspecified atom stereocenters. The molecular formula is C23H25NO3. The summed E-state index contributed by atoms with van der Waals surface area (Å²) in [6.07, 6.45) is 0.549. The lowest BCUT2D eigenvalue weighted by atomic mass is 9.93. The van der Waals surface area contributed by atoms with E-state index in [1.54, 1.807) is 12.1 Å². The normalized spacial score (nSPS) is 12.6. The molecule has 0 aliphatic heterocycles. The number of hydrogen-bond donors (Lipinski definition) is 1. The van der Waals surface area contributed by atoms with Crippen molar-refractivity contribution in [3.8, 4) is 0 Å². The molecule has 1 N–H and O–H groups in total. The summed E-state index contributed by atoms with van der Waals surface area (Å²) in [5.41, 5.74) is 0.726. The standard InChI is InChI=1S/C23H25NO3/c1-3-24(4-2)14-13-21(23(26)27)18-11-12-20-17(15-18)10-9-16-7-5-6-8-19(16)22(20)25/h5-12,15,21H,3-4,13-14H2,1-2H3,(H,26,27). The third-order valence-electron chi connectivity index (χ3n) is 5.30. The molecule has 3 aromatic rings. The van der Waals surface area contributed by atoms with E-state index in [1.165, 1.54) is 0 Å². The molecule has 4 heteroatoms. The lowest BCUT2D eigenvalue weighted by molar-refractivity contribution is -0.139. The highest BCUT2D eigenvalue weighted by Gasteiger charge is 2.21. The van der Waals surface area contributed by atoms with Crippen molar-refractivity contribution in [2.24, 2.45) is 0 Å². The molecule has 0 aliphatic rings. The maximum Gasteiger partial charge on any atom is 0.311 e. The average Bonchev–Trinajstić information content (AvgIpc) is 2.82. The zero-order chi connectivity index (χ0) is 19.4. The van der Waals surface area contributed by atoms with Gasteiger partial charge < -0.3 is 10.0 Å². The van der Waals surface area contributed by atoms with Crippen LogP contribution in [-0.2, 0) is 4.79 Å². The highest BCUT2D eigenvalue weighted by Crippen LogP contribution is 2.25. The second-order valence-electron chi connectivity index (χ2n) is 6.80. The Kier molecular flexibility index (Phi) is 5.87. The molecule has 0 spiro atoms. The molecule has 0 bridgehead atoms. The van der Waals surface area contributed by atoms with Crippen LogP contribution in [0.3, 0.4) is 0 Å². The van der Waals surface area contributed by atoms with E-state index in [4.69, 9.17) is 0 Å². The van der Waals surface area contributed by atoms with Gasteiger partial charge in [0.05, 0.1) is 5.92 Å². The van der Waals surface area contributed by atoms with Crippen LogP contribution in [0.1, 0.15) is 31.7 Å². The fraction of sp³-hybridized carbons (Fsp3) is 0.304. The average molecular weight is 363 g/mol. The van der Waals surface area contributed by atoms with Crippen molar-refractivity contribution in [2.45, 2.75) is 26.2 Å². The number of carboxylic acid groups (broad SMARTS) is 1. The van der Waals surface area contributed by atoms with Crippen molar-refractivity contribution in [1.29, 1.82) is 0 Å². The molecule has 0 radical (unpaired) electrons. The minimum Gasteiger partial charge on any atom is -0.481 e. The first kappa shape index (κ1) is 19.1. The highest BCUT2D eigenvalue weighted by molar-refractivity contribution is 5.94. The molecule has 3 aromatic carbocycles. The lowest BCUT2D eigenvalue weighted by Crippen LogP contribution is -2.27. The van der Waals surface area contributed by atoms with Gasteiger partial charge in [-0.15, -0.1) is 0 Å². The summed E-state index contributed by atoms with van der Waals surface area (Å²) < 4.78 is 0. The number of carbonyl (C=O) groups is 1. The topological polar surface area (TPSA) is 57.6 Å². The number of rotatable bonds is 7. The van der Waals surface area contributed by atoms with E-state index >= 15 is 0 Å². The van der Waals surface area contributed by atoms with E-state index in [1.807, 2.05) is 42.5 Å². The van der Waals surface area contributed by atoms with Gasteiger partial charge in [0.2, 0.25) is 0 Å². The van der Waals surface area contributed by atoms with Crippen LogP contribution in [0.5, 0.6) is 0 Å². The summed E-state index contributed by atoms with van der Waals surface area (Å²) in [6.45, 7) is 6.71. The van der Waals surface area contributed by atoms with E-state index in [-0.39, 0.29) is 5.43 Å². The minimum atomic E-state index is -0.825. The molecule has 0 heterocycles. The van der Waals surface area contributed by atoms with Crippen LogP contribution in [0.15, 0.2) is 59.4 Å². The minimum absolute atomic E-state index is 0.0211.